The van der Waals surface area contributed by atoms with Crippen LogP contribution in [0.1, 0.15) is 446 Å². The molecule has 2 aromatic heterocycles. The summed E-state index contributed by atoms with van der Waals surface area (Å²) in [7, 11) is 0. The first-order valence-corrected chi connectivity index (χ1v) is 41.2. The van der Waals surface area contributed by atoms with Crippen LogP contribution < -0.4 is 0 Å². The van der Waals surface area contributed by atoms with Gasteiger partial charge >= 0.3 is 0 Å². The molecule has 0 saturated carbocycles. The summed E-state index contributed by atoms with van der Waals surface area (Å²) < 4.78 is 11.6. The van der Waals surface area contributed by atoms with Gasteiger partial charge in [-0.15, -0.1) is 0 Å². The lowest BCUT2D eigenvalue weighted by Gasteiger charge is -2.35. The maximum atomic E-state index is 5.81. The first kappa shape index (κ1) is 75.8. The molecule has 0 unspecified atom stereocenters. The predicted molar refractivity (Wildman–Crippen MR) is 399 cm³/mol. The number of rotatable bonds is 60. The molecular weight excluding hydrogens is 1120 g/mol. The van der Waals surface area contributed by atoms with Crippen LogP contribution in [0, 0.1) is 13.8 Å². The molecule has 3 aromatic carbocycles. The highest BCUT2D eigenvalue weighted by atomic mass is 16.6. The lowest BCUT2D eigenvalue weighted by Crippen LogP contribution is -2.27. The molecule has 2 aliphatic rings. The third-order valence-electron chi connectivity index (χ3n) is 23.0. The monoisotopic (exact) mass is 1260 g/mol. The van der Waals surface area contributed by atoms with E-state index >= 15 is 0 Å². The molecule has 2 aliphatic carbocycles. The third-order valence-corrected chi connectivity index (χ3v) is 23.0. The largest absolute Gasteiger partial charge is 0.243 e. The van der Waals surface area contributed by atoms with Gasteiger partial charge in [0.2, 0.25) is 0 Å². The molecule has 0 N–H and O–H groups in total. The Morgan fingerprint density at radius 3 is 0.620 bits per heavy atom. The number of aromatic nitrogens is 4. The number of benzene rings is 3. The molecule has 0 aliphatic heterocycles. The van der Waals surface area contributed by atoms with Crippen molar-refractivity contribution in [1.29, 1.82) is 0 Å². The van der Waals surface area contributed by atoms with Gasteiger partial charge in [0.15, 0.2) is 0 Å². The molecule has 518 valence electrons. The molecule has 0 fully saturated rings. The molecule has 0 radical (unpaired) electrons. The maximum absolute atomic E-state index is 5.81. The Labute approximate surface area is 566 Å². The van der Waals surface area contributed by atoms with Gasteiger partial charge in [0.1, 0.15) is 22.1 Å². The molecule has 0 spiro atoms. The van der Waals surface area contributed by atoms with Crippen LogP contribution in [0.2, 0.25) is 0 Å². The van der Waals surface area contributed by atoms with E-state index in [4.69, 9.17) is 19.6 Å². The number of unbranched alkanes of at least 4 members (excludes halogenated alkanes) is 52. The standard InChI is InChI=1S/C86H142N4O2/c1-7-11-15-19-23-27-31-35-39-43-47-51-55-59-63-85(64-60-56-52-48-44-40-36-32-28-24-20-16-12-8-2)75-69-74-76(70-73(75)79-77(85)67-71(5)81-83(79)89-91-87-81)86(78-68-72(6)82-84(80(74)78)90-92-88-82,65-61-57-53-49-45-41-37-33-29-25-21-17-13-9-3)66-62-58-54-50-46-42-38-34-30-26-22-18-14-10-4/h67-70H,7-66H2,1-6H3. The molecule has 0 bridgehead atoms. The molecular formula is C86H142N4O2. The quantitative estimate of drug-likeness (QED) is 0.0361. The highest BCUT2D eigenvalue weighted by molar-refractivity contribution is 6.04. The van der Waals surface area contributed by atoms with Crippen LogP contribution in [0.4, 0.5) is 0 Å². The smallest absolute Gasteiger partial charge is 0.143 e. The van der Waals surface area contributed by atoms with Gasteiger partial charge in [-0.3, -0.25) is 0 Å². The van der Waals surface area contributed by atoms with Crippen molar-refractivity contribution in [3.8, 4) is 22.3 Å². The lowest BCUT2D eigenvalue weighted by molar-refractivity contribution is 0.315. The molecule has 6 heteroatoms. The van der Waals surface area contributed by atoms with E-state index in [9.17, 15) is 0 Å². The van der Waals surface area contributed by atoms with E-state index in [1.165, 1.54) is 441 Å². The lowest BCUT2D eigenvalue weighted by atomic mass is 9.68. The molecule has 0 saturated heterocycles. The molecule has 7 rings (SSSR count). The van der Waals surface area contributed by atoms with Crippen LogP contribution in [0.15, 0.2) is 33.5 Å². The highest BCUT2D eigenvalue weighted by Crippen LogP contribution is 2.63. The summed E-state index contributed by atoms with van der Waals surface area (Å²) in [6.07, 6.45) is 82.1. The van der Waals surface area contributed by atoms with Crippen molar-refractivity contribution in [2.24, 2.45) is 0 Å². The number of hydrogen-bond donors (Lipinski definition) is 0. The topological polar surface area (TPSA) is 77.8 Å². The van der Waals surface area contributed by atoms with Gasteiger partial charge in [0.25, 0.3) is 0 Å². The zero-order valence-corrected chi connectivity index (χ0v) is 61.3. The zero-order valence-electron chi connectivity index (χ0n) is 61.3. The summed E-state index contributed by atoms with van der Waals surface area (Å²) in [6.45, 7) is 13.8. The average molecular weight is 1260 g/mol. The van der Waals surface area contributed by atoms with Crippen molar-refractivity contribution in [2.75, 3.05) is 0 Å². The SMILES string of the molecule is CCCCCCCCCCCCCCCCC1(CCCCCCCCCCCCCCCC)c2cc3c(cc2-c2c1cc(C)c1nonc21)C(CCCCCCCCCCCCCCCC)(CCCCCCCCCCCCCCCC)c1cc(C)c2nonc2c1-3. The number of nitrogens with zero attached hydrogens (tertiary/aromatic N) is 4. The van der Waals surface area contributed by atoms with Gasteiger partial charge in [0.05, 0.1) is 0 Å². The van der Waals surface area contributed by atoms with E-state index in [2.05, 4.69) is 76.1 Å². The van der Waals surface area contributed by atoms with E-state index in [0.717, 1.165) is 22.1 Å². The minimum atomic E-state index is -0.119. The Bertz CT molecular complexity index is 2460. The minimum Gasteiger partial charge on any atom is -0.243 e. The Hall–Kier alpha value is -3.54. The van der Waals surface area contributed by atoms with E-state index in [1.807, 2.05) is 0 Å². The molecule has 5 aromatic rings. The van der Waals surface area contributed by atoms with Gasteiger partial charge < -0.3 is 0 Å². The molecule has 2 heterocycles. The summed E-state index contributed by atoms with van der Waals surface area (Å²) in [5.74, 6) is 0. The van der Waals surface area contributed by atoms with Crippen molar-refractivity contribution in [1.82, 2.24) is 20.6 Å². The summed E-state index contributed by atoms with van der Waals surface area (Å²) in [5, 5.41) is 19.1. The predicted octanol–water partition coefficient (Wildman–Crippen LogP) is 29.4. The second-order valence-corrected chi connectivity index (χ2v) is 30.6. The van der Waals surface area contributed by atoms with E-state index in [-0.39, 0.29) is 10.8 Å². The maximum Gasteiger partial charge on any atom is 0.143 e. The molecule has 92 heavy (non-hydrogen) atoms. The van der Waals surface area contributed by atoms with E-state index < -0.39 is 0 Å². The van der Waals surface area contributed by atoms with E-state index in [0.29, 0.717) is 0 Å². The summed E-state index contributed by atoms with van der Waals surface area (Å²) >= 11 is 0. The normalized spacial score (nSPS) is 13.7. The van der Waals surface area contributed by atoms with E-state index in [1.54, 1.807) is 0 Å². The summed E-state index contributed by atoms with van der Waals surface area (Å²) in [6, 6.07) is 10.6. The average Bonchev–Trinajstić information content (AvgIpc) is 1.52. The van der Waals surface area contributed by atoms with Gasteiger partial charge in [0, 0.05) is 22.0 Å². The third kappa shape index (κ3) is 23.3. The number of hydrogen-bond acceptors (Lipinski definition) is 6. The van der Waals surface area contributed by atoms with Gasteiger partial charge in [-0.25, -0.2) is 9.26 Å². The Morgan fingerprint density at radius 1 is 0.228 bits per heavy atom. The molecule has 0 amide bonds. The Kier molecular flexibility index (Phi) is 37.1. The first-order valence-electron chi connectivity index (χ1n) is 41.2. The second kappa shape index (κ2) is 45.1. The second-order valence-electron chi connectivity index (χ2n) is 30.6. The molecule has 6 nitrogen and oxygen atoms in total. The van der Waals surface area contributed by atoms with Crippen LogP contribution in [-0.4, -0.2) is 20.6 Å². The summed E-state index contributed by atoms with van der Waals surface area (Å²) in [4.78, 5) is 0. The Morgan fingerprint density at radius 2 is 0.413 bits per heavy atom. The van der Waals surface area contributed by atoms with Crippen molar-refractivity contribution in [3.63, 3.8) is 0 Å². The number of aryl methyl sites for hydroxylation is 2. The van der Waals surface area contributed by atoms with Crippen LogP contribution in [0.5, 0.6) is 0 Å². The first-order chi connectivity index (χ1) is 45.5. The van der Waals surface area contributed by atoms with Gasteiger partial charge in [-0.2, -0.15) is 0 Å². The minimum absolute atomic E-state index is 0.119. The van der Waals surface area contributed by atoms with Crippen molar-refractivity contribution >= 4 is 22.1 Å². The fourth-order valence-corrected chi connectivity index (χ4v) is 17.4. The van der Waals surface area contributed by atoms with Crippen LogP contribution in [-0.2, 0) is 10.8 Å². The van der Waals surface area contributed by atoms with Crippen LogP contribution >= 0.6 is 0 Å². The fraction of sp³-hybridized carbons (Fsp3) is 0.791. The van der Waals surface area contributed by atoms with Crippen LogP contribution in [0.25, 0.3) is 44.3 Å². The molecule has 0 atom stereocenters. The Balaban J connectivity index is 1.14. The van der Waals surface area contributed by atoms with Gasteiger partial charge in [-0.1, -0.05) is 399 Å². The zero-order chi connectivity index (χ0) is 64.6. The van der Waals surface area contributed by atoms with Crippen molar-refractivity contribution in [2.45, 2.75) is 438 Å². The summed E-state index contributed by atoms with van der Waals surface area (Å²) in [5.41, 5.74) is 17.5. The number of fused-ring (bicyclic) bond motifs is 10. The van der Waals surface area contributed by atoms with Crippen LogP contribution in [0.3, 0.4) is 0 Å². The van der Waals surface area contributed by atoms with Crippen molar-refractivity contribution < 1.29 is 9.26 Å². The highest BCUT2D eigenvalue weighted by Gasteiger charge is 2.50. The van der Waals surface area contributed by atoms with Crippen molar-refractivity contribution in [3.05, 3.63) is 57.6 Å². The van der Waals surface area contributed by atoms with Gasteiger partial charge in [-0.05, 0) is 117 Å². The fourth-order valence-electron chi connectivity index (χ4n) is 17.4.